The lowest BCUT2D eigenvalue weighted by Crippen LogP contribution is -2.30. The van der Waals surface area contributed by atoms with Gasteiger partial charge in [0.05, 0.1) is 0 Å². The Morgan fingerprint density at radius 2 is 0.500 bits per heavy atom. The molecule has 0 N–H and O–H groups in total. The Morgan fingerprint density at radius 3 is 0.778 bits per heavy atom. The molecule has 1 atom stereocenters. The zero-order valence-electron chi connectivity index (χ0n) is 48.2. The summed E-state index contributed by atoms with van der Waals surface area (Å²) in [5, 5.41) is 0. The largest absolute Gasteiger partial charge is 0.462 e. The van der Waals surface area contributed by atoms with Crippen molar-refractivity contribution < 1.29 is 28.6 Å². The summed E-state index contributed by atoms with van der Waals surface area (Å²) < 4.78 is 16.9. The standard InChI is InChI=1S/C66H120O6/c1-4-7-10-13-16-19-22-25-28-31-34-37-40-43-46-49-52-55-58-64(67)70-61-63(72-66(69)60-57-54-51-48-45-42-39-36-33-30-27-24-21-18-15-12-9-6-3)62-71-65(68)59-56-53-50-47-44-41-38-35-32-29-26-23-20-17-14-11-8-5-2/h28,31,34-39,63H,4-27,29-30,32-33,40-62H2,1-3H3/b31-28-,37-34-,38-35-,39-36-. The maximum absolute atomic E-state index is 12.9. The van der Waals surface area contributed by atoms with Crippen LogP contribution in [0, 0.1) is 0 Å². The number of hydrogen-bond acceptors (Lipinski definition) is 6. The second-order valence-electron chi connectivity index (χ2n) is 21.3. The van der Waals surface area contributed by atoms with Crippen molar-refractivity contribution in [1.29, 1.82) is 0 Å². The molecule has 0 spiro atoms. The van der Waals surface area contributed by atoms with Gasteiger partial charge in [0.15, 0.2) is 6.10 Å². The van der Waals surface area contributed by atoms with Crippen LogP contribution < -0.4 is 0 Å². The highest BCUT2D eigenvalue weighted by Gasteiger charge is 2.19. The van der Waals surface area contributed by atoms with E-state index in [2.05, 4.69) is 69.4 Å². The first kappa shape index (κ1) is 69.4. The third-order valence-electron chi connectivity index (χ3n) is 14.1. The molecule has 6 nitrogen and oxygen atoms in total. The fourth-order valence-electron chi connectivity index (χ4n) is 9.25. The second kappa shape index (κ2) is 60.9. The topological polar surface area (TPSA) is 78.9 Å². The number of ether oxygens (including phenoxy) is 3. The van der Waals surface area contributed by atoms with Crippen LogP contribution in [0.5, 0.6) is 0 Å². The highest BCUT2D eigenvalue weighted by atomic mass is 16.6. The summed E-state index contributed by atoms with van der Waals surface area (Å²) >= 11 is 0. The minimum Gasteiger partial charge on any atom is -0.462 e. The van der Waals surface area contributed by atoms with E-state index in [1.807, 2.05) is 0 Å². The summed E-state index contributed by atoms with van der Waals surface area (Å²) in [6, 6.07) is 0. The van der Waals surface area contributed by atoms with Gasteiger partial charge >= 0.3 is 17.9 Å². The fourth-order valence-corrected chi connectivity index (χ4v) is 9.25. The number of unbranched alkanes of at least 4 members (excludes halogenated alkanes) is 40. The van der Waals surface area contributed by atoms with Gasteiger partial charge in [-0.2, -0.15) is 0 Å². The van der Waals surface area contributed by atoms with Crippen molar-refractivity contribution in [2.45, 2.75) is 341 Å². The zero-order chi connectivity index (χ0) is 52.2. The molecule has 0 saturated heterocycles. The Bertz CT molecular complexity index is 1250. The molecule has 0 aliphatic rings. The van der Waals surface area contributed by atoms with E-state index in [0.717, 1.165) is 96.3 Å². The highest BCUT2D eigenvalue weighted by molar-refractivity contribution is 5.71. The first-order chi connectivity index (χ1) is 35.5. The molecule has 0 aliphatic carbocycles. The fraction of sp³-hybridized carbons (Fsp3) is 0.833. The van der Waals surface area contributed by atoms with Crippen LogP contribution in [-0.2, 0) is 28.6 Å². The average Bonchev–Trinajstić information content (AvgIpc) is 3.38. The number of allylic oxidation sites excluding steroid dienone is 8. The minimum atomic E-state index is -0.788. The predicted molar refractivity (Wildman–Crippen MR) is 312 cm³/mol. The van der Waals surface area contributed by atoms with Crippen molar-refractivity contribution in [3.63, 3.8) is 0 Å². The predicted octanol–water partition coefficient (Wildman–Crippen LogP) is 21.4. The van der Waals surface area contributed by atoms with Gasteiger partial charge in [-0.15, -0.1) is 0 Å². The number of esters is 3. The lowest BCUT2D eigenvalue weighted by atomic mass is 10.1. The van der Waals surface area contributed by atoms with Crippen LogP contribution in [0.3, 0.4) is 0 Å². The molecule has 72 heavy (non-hydrogen) atoms. The normalized spacial score (nSPS) is 12.3. The van der Waals surface area contributed by atoms with Crippen LogP contribution in [0.2, 0.25) is 0 Å². The van der Waals surface area contributed by atoms with Gasteiger partial charge in [-0.05, 0) is 96.3 Å². The Morgan fingerprint density at radius 1 is 0.278 bits per heavy atom. The molecule has 0 aliphatic heterocycles. The smallest absolute Gasteiger partial charge is 0.306 e. The minimum absolute atomic E-state index is 0.0840. The molecular formula is C66H120O6. The lowest BCUT2D eigenvalue weighted by molar-refractivity contribution is -0.167. The number of carbonyl (C=O) groups excluding carboxylic acids is 3. The van der Waals surface area contributed by atoms with Gasteiger partial charge in [-0.3, -0.25) is 14.4 Å². The first-order valence-electron chi connectivity index (χ1n) is 31.7. The van der Waals surface area contributed by atoms with Crippen LogP contribution in [0.15, 0.2) is 48.6 Å². The van der Waals surface area contributed by atoms with Crippen LogP contribution in [-0.4, -0.2) is 37.2 Å². The quantitative estimate of drug-likeness (QED) is 0.0199. The third kappa shape index (κ3) is 58.3. The second-order valence-corrected chi connectivity index (χ2v) is 21.3. The summed E-state index contributed by atoms with van der Waals surface area (Å²) in [6.07, 6.45) is 75.4. The third-order valence-corrected chi connectivity index (χ3v) is 14.1. The first-order valence-corrected chi connectivity index (χ1v) is 31.7. The van der Waals surface area contributed by atoms with Gasteiger partial charge in [-0.25, -0.2) is 0 Å². The Kier molecular flexibility index (Phi) is 58.7. The van der Waals surface area contributed by atoms with Crippen LogP contribution in [0.1, 0.15) is 335 Å². The molecule has 420 valence electrons. The van der Waals surface area contributed by atoms with E-state index >= 15 is 0 Å². The molecule has 0 bridgehead atoms. The van der Waals surface area contributed by atoms with E-state index in [4.69, 9.17) is 14.2 Å². The molecule has 6 heteroatoms. The molecule has 0 fully saturated rings. The van der Waals surface area contributed by atoms with Gasteiger partial charge in [0.25, 0.3) is 0 Å². The highest BCUT2D eigenvalue weighted by Crippen LogP contribution is 2.16. The van der Waals surface area contributed by atoms with E-state index in [1.54, 1.807) is 0 Å². The molecule has 0 heterocycles. The summed E-state index contributed by atoms with van der Waals surface area (Å²) in [5.74, 6) is -0.897. The van der Waals surface area contributed by atoms with E-state index in [9.17, 15) is 14.4 Å². The zero-order valence-corrected chi connectivity index (χ0v) is 48.2. The van der Waals surface area contributed by atoms with Crippen molar-refractivity contribution in [3.05, 3.63) is 48.6 Å². The molecule has 0 aromatic rings. The molecule has 0 amide bonds. The maximum Gasteiger partial charge on any atom is 0.306 e. The van der Waals surface area contributed by atoms with Crippen molar-refractivity contribution in [2.24, 2.45) is 0 Å². The summed E-state index contributed by atoms with van der Waals surface area (Å²) in [4.78, 5) is 38.3. The van der Waals surface area contributed by atoms with Gasteiger partial charge < -0.3 is 14.2 Å². The molecule has 0 saturated carbocycles. The maximum atomic E-state index is 12.9. The van der Waals surface area contributed by atoms with E-state index in [-0.39, 0.29) is 31.1 Å². The number of carbonyl (C=O) groups is 3. The summed E-state index contributed by atoms with van der Waals surface area (Å²) in [6.45, 7) is 6.66. The van der Waals surface area contributed by atoms with Crippen molar-refractivity contribution in [3.8, 4) is 0 Å². The van der Waals surface area contributed by atoms with Crippen LogP contribution in [0.4, 0.5) is 0 Å². The van der Waals surface area contributed by atoms with E-state index < -0.39 is 6.10 Å². The molecule has 1 unspecified atom stereocenters. The van der Waals surface area contributed by atoms with Crippen molar-refractivity contribution in [2.75, 3.05) is 13.2 Å². The van der Waals surface area contributed by atoms with Gasteiger partial charge in [0.1, 0.15) is 13.2 Å². The van der Waals surface area contributed by atoms with Gasteiger partial charge in [-0.1, -0.05) is 268 Å². The Hall–Kier alpha value is -2.63. The Balaban J connectivity index is 4.40. The van der Waals surface area contributed by atoms with Gasteiger partial charge in [0, 0.05) is 19.3 Å². The van der Waals surface area contributed by atoms with E-state index in [0.29, 0.717) is 19.3 Å². The van der Waals surface area contributed by atoms with Crippen molar-refractivity contribution in [1.82, 2.24) is 0 Å². The van der Waals surface area contributed by atoms with Crippen LogP contribution >= 0.6 is 0 Å². The molecule has 0 radical (unpaired) electrons. The summed E-state index contributed by atoms with van der Waals surface area (Å²) in [7, 11) is 0. The average molecular weight is 1010 g/mol. The molecule has 0 aromatic heterocycles. The Labute approximate surface area is 448 Å². The molecule has 0 aromatic carbocycles. The van der Waals surface area contributed by atoms with Gasteiger partial charge in [0.2, 0.25) is 0 Å². The number of rotatable bonds is 58. The van der Waals surface area contributed by atoms with Crippen LogP contribution in [0.25, 0.3) is 0 Å². The molecule has 0 rings (SSSR count). The number of hydrogen-bond donors (Lipinski definition) is 0. The van der Waals surface area contributed by atoms with Crippen molar-refractivity contribution >= 4 is 17.9 Å². The lowest BCUT2D eigenvalue weighted by Gasteiger charge is -2.18. The molecular weight excluding hydrogens is 889 g/mol. The summed E-state index contributed by atoms with van der Waals surface area (Å²) in [5.41, 5.74) is 0. The van der Waals surface area contributed by atoms with E-state index in [1.165, 1.54) is 199 Å². The SMILES string of the molecule is CCCCCCCCC/C=C\C=C/CCCCCCCC(=O)OCC(COC(=O)CCCCCCC/C=C\CCCCCCCCCCC)OC(=O)CCCCCCC/C=C\CCCCCCCCCCC. The monoisotopic (exact) mass is 1010 g/mol.